The molecular weight excluding hydrogens is 435 g/mol. The van der Waals surface area contributed by atoms with Crippen LogP contribution < -0.4 is 0 Å². The monoisotopic (exact) mass is 452 g/mol. The van der Waals surface area contributed by atoms with E-state index in [9.17, 15) is 17.6 Å². The maximum atomic E-state index is 13.2. The van der Waals surface area contributed by atoms with Crippen molar-refractivity contribution in [3.05, 3.63) is 70.5 Å². The second kappa shape index (κ2) is 8.08. The Kier molecular flexibility index (Phi) is 5.68. The summed E-state index contributed by atoms with van der Waals surface area (Å²) in [7, 11) is -3.12. The van der Waals surface area contributed by atoms with Gasteiger partial charge in [0.2, 0.25) is 0 Å². The zero-order chi connectivity index (χ0) is 20.6. The van der Waals surface area contributed by atoms with Crippen LogP contribution in [-0.4, -0.2) is 47.2 Å². The molecule has 0 saturated carbocycles. The Hall–Kier alpha value is -1.90. The molecule has 29 heavy (non-hydrogen) atoms. The molecule has 4 rings (SSSR count). The first-order valence-corrected chi connectivity index (χ1v) is 12.1. The largest absolute Gasteiger partial charge is 0.342 e. The lowest BCUT2D eigenvalue weighted by molar-refractivity contribution is -0.117. The Morgan fingerprint density at radius 2 is 1.90 bits per heavy atom. The minimum Gasteiger partial charge on any atom is -0.342 e. The van der Waals surface area contributed by atoms with Crippen molar-refractivity contribution in [3.8, 4) is 0 Å². The predicted molar refractivity (Wildman–Crippen MR) is 113 cm³/mol. The van der Waals surface area contributed by atoms with Gasteiger partial charge in [0.15, 0.2) is 15.0 Å². The third kappa shape index (κ3) is 4.65. The number of benzene rings is 2. The van der Waals surface area contributed by atoms with Crippen LogP contribution in [0.2, 0.25) is 5.02 Å². The Morgan fingerprint density at radius 3 is 2.62 bits per heavy atom. The van der Waals surface area contributed by atoms with E-state index < -0.39 is 9.84 Å². The summed E-state index contributed by atoms with van der Waals surface area (Å²) in [6.45, 7) is 0.363. The van der Waals surface area contributed by atoms with E-state index in [1.807, 2.05) is 11.0 Å². The van der Waals surface area contributed by atoms with Crippen LogP contribution in [0.25, 0.3) is 0 Å². The zero-order valence-corrected chi connectivity index (χ0v) is 17.7. The first-order valence-electron chi connectivity index (χ1n) is 9.04. The number of nitrogens with zero attached hydrogens (tertiary/aromatic N) is 2. The molecule has 0 aromatic heterocycles. The number of hydrogen-bond acceptors (Lipinski definition) is 4. The van der Waals surface area contributed by atoms with Crippen molar-refractivity contribution in [1.29, 1.82) is 0 Å². The molecule has 0 unspecified atom stereocenters. The number of sulfone groups is 1. The molecule has 0 aliphatic carbocycles. The van der Waals surface area contributed by atoms with E-state index in [0.29, 0.717) is 22.3 Å². The van der Waals surface area contributed by atoms with Gasteiger partial charge in [0, 0.05) is 16.8 Å². The van der Waals surface area contributed by atoms with E-state index in [1.165, 1.54) is 23.9 Å². The van der Waals surface area contributed by atoms with Gasteiger partial charge < -0.3 is 4.90 Å². The van der Waals surface area contributed by atoms with E-state index >= 15 is 0 Å². The lowest BCUT2D eigenvalue weighted by atomic mass is 10.1. The van der Waals surface area contributed by atoms with E-state index in [-0.39, 0.29) is 40.9 Å². The second-order valence-corrected chi connectivity index (χ2v) is 10.9. The number of carbonyl (C=O) groups excluding carboxylic acids is 1. The molecule has 2 aliphatic heterocycles. The van der Waals surface area contributed by atoms with Gasteiger partial charge >= 0.3 is 0 Å². The maximum absolute atomic E-state index is 13.2. The molecule has 9 heteroatoms. The van der Waals surface area contributed by atoms with Crippen LogP contribution in [0.5, 0.6) is 0 Å². The molecular formula is C20H18ClFN2O3S2. The van der Waals surface area contributed by atoms with E-state index in [0.717, 1.165) is 5.56 Å². The first kappa shape index (κ1) is 20.4. The topological polar surface area (TPSA) is 66.8 Å². The summed E-state index contributed by atoms with van der Waals surface area (Å²) in [6, 6.07) is 12.9. The third-order valence-electron chi connectivity index (χ3n) is 4.96. The van der Waals surface area contributed by atoms with Gasteiger partial charge in [-0.3, -0.25) is 4.79 Å². The molecule has 2 atom stereocenters. The quantitative estimate of drug-likeness (QED) is 0.712. The highest BCUT2D eigenvalue weighted by Gasteiger charge is 2.48. The molecule has 5 nitrogen and oxygen atoms in total. The number of amidine groups is 1. The maximum Gasteiger partial charge on any atom is 0.252 e. The molecule has 0 spiro atoms. The van der Waals surface area contributed by atoms with Gasteiger partial charge in [-0.15, -0.1) is 0 Å². The van der Waals surface area contributed by atoms with Gasteiger partial charge in [0.25, 0.3) is 5.91 Å². The van der Waals surface area contributed by atoms with Crippen LogP contribution in [0, 0.1) is 5.82 Å². The van der Waals surface area contributed by atoms with Crippen molar-refractivity contribution in [2.45, 2.75) is 24.3 Å². The Bertz CT molecular complexity index is 1070. The third-order valence-corrected chi connectivity index (χ3v) is 8.58. The van der Waals surface area contributed by atoms with Crippen molar-refractivity contribution in [2.75, 3.05) is 11.5 Å². The van der Waals surface area contributed by atoms with Crippen molar-refractivity contribution in [2.24, 2.45) is 4.99 Å². The van der Waals surface area contributed by atoms with Gasteiger partial charge in [0.1, 0.15) is 5.82 Å². The Labute approximate surface area is 177 Å². The first-order chi connectivity index (χ1) is 13.8. The number of rotatable bonds is 4. The highest BCUT2D eigenvalue weighted by atomic mass is 35.5. The zero-order valence-electron chi connectivity index (χ0n) is 15.3. The summed E-state index contributed by atoms with van der Waals surface area (Å²) in [4.78, 5) is 18.7. The Morgan fingerprint density at radius 1 is 1.17 bits per heavy atom. The number of fused-ring (bicyclic) bond motifs is 1. The van der Waals surface area contributed by atoms with E-state index in [1.54, 1.807) is 30.3 Å². The predicted octanol–water partition coefficient (Wildman–Crippen LogP) is 3.32. The van der Waals surface area contributed by atoms with E-state index in [4.69, 9.17) is 11.6 Å². The molecule has 0 radical (unpaired) electrons. The summed E-state index contributed by atoms with van der Waals surface area (Å²) in [5.41, 5.74) is 1.52. The number of hydrogen-bond donors (Lipinski definition) is 0. The van der Waals surface area contributed by atoms with Crippen LogP contribution in [-0.2, 0) is 27.6 Å². The van der Waals surface area contributed by atoms with Gasteiger partial charge in [0.05, 0.1) is 24.0 Å². The fraction of sp³-hybridized carbons (Fsp3) is 0.300. The van der Waals surface area contributed by atoms with Crippen LogP contribution in [0.1, 0.15) is 11.1 Å². The fourth-order valence-corrected chi connectivity index (χ4v) is 7.73. The number of halogens is 2. The van der Waals surface area contributed by atoms with Crippen LogP contribution in [0.3, 0.4) is 0 Å². The van der Waals surface area contributed by atoms with Crippen LogP contribution in [0.15, 0.2) is 53.5 Å². The average Bonchev–Trinajstić information content (AvgIpc) is 3.11. The highest BCUT2D eigenvalue weighted by molar-refractivity contribution is 8.15. The van der Waals surface area contributed by atoms with Crippen molar-refractivity contribution in [3.63, 3.8) is 0 Å². The number of aliphatic imine (C=N–C) groups is 1. The van der Waals surface area contributed by atoms with Gasteiger partial charge in [-0.1, -0.05) is 53.7 Å². The SMILES string of the molecule is O=C(Cc1ccccc1Cl)N=C1S[C@H]2CS(=O)(=O)C[C@@H]2N1Cc1ccc(F)cc1. The Balaban J connectivity index is 1.58. The lowest BCUT2D eigenvalue weighted by Gasteiger charge is -2.24. The molecule has 2 heterocycles. The molecule has 2 aliphatic rings. The highest BCUT2D eigenvalue weighted by Crippen LogP contribution is 2.39. The van der Waals surface area contributed by atoms with Crippen molar-refractivity contribution < 1.29 is 17.6 Å². The summed E-state index contributed by atoms with van der Waals surface area (Å²) in [5.74, 6) is -0.578. The molecule has 1 amide bonds. The molecule has 2 saturated heterocycles. The summed E-state index contributed by atoms with van der Waals surface area (Å²) < 4.78 is 37.4. The van der Waals surface area contributed by atoms with Gasteiger partial charge in [-0.25, -0.2) is 12.8 Å². The minimum atomic E-state index is -3.12. The van der Waals surface area contributed by atoms with Gasteiger partial charge in [-0.2, -0.15) is 4.99 Å². The van der Waals surface area contributed by atoms with E-state index in [2.05, 4.69) is 4.99 Å². The molecule has 2 aromatic carbocycles. The van der Waals surface area contributed by atoms with Crippen LogP contribution in [0.4, 0.5) is 4.39 Å². The van der Waals surface area contributed by atoms with Gasteiger partial charge in [-0.05, 0) is 29.3 Å². The summed E-state index contributed by atoms with van der Waals surface area (Å²) >= 11 is 7.46. The summed E-state index contributed by atoms with van der Waals surface area (Å²) in [5, 5.41) is 0.856. The molecule has 152 valence electrons. The molecule has 0 bridgehead atoms. The lowest BCUT2D eigenvalue weighted by Crippen LogP contribution is -2.37. The molecule has 2 aromatic rings. The second-order valence-electron chi connectivity index (χ2n) is 7.11. The minimum absolute atomic E-state index is 0.0313. The summed E-state index contributed by atoms with van der Waals surface area (Å²) in [6.07, 6.45) is 0.0712. The molecule has 0 N–H and O–H groups in total. The normalized spacial score (nSPS) is 24.1. The van der Waals surface area contributed by atoms with Crippen LogP contribution >= 0.6 is 23.4 Å². The fourth-order valence-electron chi connectivity index (χ4n) is 3.56. The number of amides is 1. The average molecular weight is 453 g/mol. The number of thioether (sulfide) groups is 1. The smallest absolute Gasteiger partial charge is 0.252 e. The van der Waals surface area contributed by atoms with Crippen molar-refractivity contribution in [1.82, 2.24) is 4.90 Å². The molecule has 2 fully saturated rings. The van der Waals surface area contributed by atoms with Crippen molar-refractivity contribution >= 4 is 44.3 Å². The number of carbonyl (C=O) groups is 1. The standard InChI is InChI=1S/C20H18ClFN2O3S2/c21-16-4-2-1-3-14(16)9-19(25)23-20-24(10-13-5-7-15(22)8-6-13)17-11-29(26,27)12-18(17)28-20/h1-8,17-18H,9-12H2/t17-,18-/m0/s1.